The Labute approximate surface area is 239 Å². The van der Waals surface area contributed by atoms with Crippen LogP contribution in [0.4, 0.5) is 5.69 Å². The lowest BCUT2D eigenvalue weighted by molar-refractivity contribution is -0.122. The quantitative estimate of drug-likeness (QED) is 0.158. The molecule has 0 atom stereocenters. The molecule has 0 aliphatic carbocycles. The first-order valence-electron chi connectivity index (χ1n) is 11.9. The third-order valence-electron chi connectivity index (χ3n) is 6.25. The summed E-state index contributed by atoms with van der Waals surface area (Å²) in [5, 5.41) is 4.84. The number of nitrogens with one attached hydrogen (secondary N) is 1. The number of methoxy groups -OCH3 is 2. The van der Waals surface area contributed by atoms with Gasteiger partial charge in [0.1, 0.15) is 17.9 Å². The van der Waals surface area contributed by atoms with E-state index in [1.165, 1.54) is 18.1 Å². The van der Waals surface area contributed by atoms with Gasteiger partial charge in [0.15, 0.2) is 16.6 Å². The van der Waals surface area contributed by atoms with Gasteiger partial charge in [0.05, 0.1) is 24.4 Å². The van der Waals surface area contributed by atoms with Crippen LogP contribution in [0, 0.1) is 0 Å². The normalized spacial score (nSPS) is 14.5. The summed E-state index contributed by atoms with van der Waals surface area (Å²) in [6.07, 6.45) is 1.50. The number of thiocarbonyl (C=S) groups is 1. The first kappa shape index (κ1) is 26.4. The second kappa shape index (κ2) is 11.3. The van der Waals surface area contributed by atoms with Crippen LogP contribution < -0.4 is 24.4 Å². The third kappa shape index (κ3) is 5.36. The van der Waals surface area contributed by atoms with Crippen molar-refractivity contribution in [1.29, 1.82) is 0 Å². The van der Waals surface area contributed by atoms with E-state index in [0.717, 1.165) is 16.3 Å². The smallest absolute Gasteiger partial charge is 0.270 e. The van der Waals surface area contributed by atoms with Crippen LogP contribution in [0.15, 0.2) is 88.9 Å². The Bertz CT molecular complexity index is 1630. The van der Waals surface area contributed by atoms with E-state index in [2.05, 4.69) is 39.4 Å². The summed E-state index contributed by atoms with van der Waals surface area (Å²) < 4.78 is 17.6. The monoisotopic (exact) mass is 602 g/mol. The number of anilines is 1. The van der Waals surface area contributed by atoms with Crippen molar-refractivity contribution in [2.75, 3.05) is 19.1 Å². The van der Waals surface area contributed by atoms with Crippen LogP contribution in [0.3, 0.4) is 0 Å². The lowest BCUT2D eigenvalue weighted by Crippen LogP contribution is -2.54. The van der Waals surface area contributed by atoms with E-state index >= 15 is 0 Å². The van der Waals surface area contributed by atoms with Crippen molar-refractivity contribution in [1.82, 2.24) is 5.32 Å². The van der Waals surface area contributed by atoms with Crippen molar-refractivity contribution in [3.8, 4) is 17.2 Å². The maximum Gasteiger partial charge on any atom is 0.270 e. The molecule has 0 spiro atoms. The topological polar surface area (TPSA) is 77.1 Å². The van der Waals surface area contributed by atoms with Crippen molar-refractivity contribution >= 4 is 67.6 Å². The predicted molar refractivity (Wildman–Crippen MR) is 158 cm³/mol. The number of carbonyl (C=O) groups is 2. The second-order valence-corrected chi connectivity index (χ2v) is 9.86. The number of halogens is 1. The molecule has 5 rings (SSSR count). The molecule has 1 saturated heterocycles. The van der Waals surface area contributed by atoms with E-state index < -0.39 is 11.8 Å². The number of carbonyl (C=O) groups excluding carboxylic acids is 2. The number of benzene rings is 4. The van der Waals surface area contributed by atoms with Crippen LogP contribution in [0.1, 0.15) is 11.1 Å². The highest BCUT2D eigenvalue weighted by molar-refractivity contribution is 9.10. The Kier molecular flexibility index (Phi) is 7.63. The second-order valence-electron chi connectivity index (χ2n) is 8.62. The zero-order valence-corrected chi connectivity index (χ0v) is 23.5. The van der Waals surface area contributed by atoms with E-state index in [-0.39, 0.29) is 10.7 Å². The lowest BCUT2D eigenvalue weighted by atomic mass is 10.1. The Morgan fingerprint density at radius 3 is 2.44 bits per heavy atom. The van der Waals surface area contributed by atoms with Crippen LogP contribution in [0.25, 0.3) is 16.8 Å². The number of hydrogen-bond donors (Lipinski definition) is 1. The molecule has 1 aliphatic heterocycles. The Balaban J connectivity index is 1.43. The number of rotatable bonds is 7. The molecule has 1 fully saturated rings. The molecule has 7 nitrogen and oxygen atoms in total. The molecule has 0 saturated carbocycles. The molecule has 0 unspecified atom stereocenters. The zero-order chi connectivity index (χ0) is 27.5. The van der Waals surface area contributed by atoms with Crippen LogP contribution in [-0.2, 0) is 16.2 Å². The molecule has 1 N–H and O–H groups in total. The van der Waals surface area contributed by atoms with Crippen LogP contribution in [0.5, 0.6) is 17.2 Å². The summed E-state index contributed by atoms with van der Waals surface area (Å²) in [5.41, 5.74) is 2.04. The lowest BCUT2D eigenvalue weighted by Gasteiger charge is -2.29. The summed E-state index contributed by atoms with van der Waals surface area (Å²) in [5.74, 6) is 0.464. The summed E-state index contributed by atoms with van der Waals surface area (Å²) in [6, 6.07) is 24.5. The molecule has 4 aromatic carbocycles. The Morgan fingerprint density at radius 2 is 1.69 bits per heavy atom. The van der Waals surface area contributed by atoms with Crippen molar-refractivity contribution in [2.45, 2.75) is 6.61 Å². The van der Waals surface area contributed by atoms with Crippen molar-refractivity contribution in [3.05, 3.63) is 100 Å². The largest absolute Gasteiger partial charge is 0.497 e. The molecular weight excluding hydrogens is 580 g/mol. The van der Waals surface area contributed by atoms with E-state index in [0.29, 0.717) is 39.6 Å². The van der Waals surface area contributed by atoms with E-state index in [1.807, 2.05) is 24.3 Å². The number of nitrogens with zero attached hydrogens (tertiary/aromatic N) is 1. The van der Waals surface area contributed by atoms with Gasteiger partial charge < -0.3 is 14.2 Å². The fourth-order valence-electron chi connectivity index (χ4n) is 4.32. The minimum atomic E-state index is -0.582. The fourth-order valence-corrected chi connectivity index (χ4v) is 5.18. The molecule has 196 valence electrons. The summed E-state index contributed by atoms with van der Waals surface area (Å²) in [4.78, 5) is 27.4. The van der Waals surface area contributed by atoms with Gasteiger partial charge in [-0.05, 0) is 92.5 Å². The number of hydrogen-bond acceptors (Lipinski definition) is 6. The van der Waals surface area contributed by atoms with Gasteiger partial charge in [-0.3, -0.25) is 19.8 Å². The van der Waals surface area contributed by atoms with Crippen molar-refractivity contribution in [2.24, 2.45) is 0 Å². The van der Waals surface area contributed by atoms with Gasteiger partial charge in [-0.2, -0.15) is 0 Å². The third-order valence-corrected chi connectivity index (χ3v) is 7.12. The van der Waals surface area contributed by atoms with Crippen LogP contribution >= 0.6 is 28.1 Å². The van der Waals surface area contributed by atoms with Crippen molar-refractivity contribution < 1.29 is 23.8 Å². The Morgan fingerprint density at radius 1 is 0.949 bits per heavy atom. The van der Waals surface area contributed by atoms with Gasteiger partial charge in [0, 0.05) is 0 Å². The van der Waals surface area contributed by atoms with Gasteiger partial charge in [-0.25, -0.2) is 0 Å². The maximum atomic E-state index is 13.4. The van der Waals surface area contributed by atoms with Crippen LogP contribution in [0.2, 0.25) is 0 Å². The zero-order valence-electron chi connectivity index (χ0n) is 21.1. The van der Waals surface area contributed by atoms with E-state index in [9.17, 15) is 9.59 Å². The molecule has 39 heavy (non-hydrogen) atoms. The fraction of sp³-hybridized carbons (Fsp3) is 0.100. The average molecular weight is 603 g/mol. The molecule has 4 aromatic rings. The highest BCUT2D eigenvalue weighted by Gasteiger charge is 2.34. The van der Waals surface area contributed by atoms with Crippen LogP contribution in [-0.4, -0.2) is 31.1 Å². The molecule has 2 amide bonds. The number of ether oxygens (including phenoxy) is 3. The molecule has 0 radical (unpaired) electrons. The van der Waals surface area contributed by atoms with E-state index in [1.54, 1.807) is 43.5 Å². The SMILES string of the molecule is COc1ccc(N2C(=O)/C(=C\c3cc(Br)c(OCc4cccc5ccccc45)c(OC)c3)C(=O)NC2=S)cc1. The predicted octanol–water partition coefficient (Wildman–Crippen LogP) is 6.03. The first-order chi connectivity index (χ1) is 18.9. The molecule has 1 aliphatic rings. The van der Waals surface area contributed by atoms with Gasteiger partial charge in [-0.1, -0.05) is 42.5 Å². The average Bonchev–Trinajstić information content (AvgIpc) is 2.94. The van der Waals surface area contributed by atoms with Gasteiger partial charge in [0.2, 0.25) is 0 Å². The molecule has 9 heteroatoms. The highest BCUT2D eigenvalue weighted by atomic mass is 79.9. The molecule has 0 aromatic heterocycles. The summed E-state index contributed by atoms with van der Waals surface area (Å²) in [7, 11) is 3.09. The molecular formula is C30H23BrN2O5S. The van der Waals surface area contributed by atoms with Gasteiger partial charge >= 0.3 is 0 Å². The number of amides is 2. The Hall–Kier alpha value is -4.21. The van der Waals surface area contributed by atoms with Gasteiger partial charge in [0.25, 0.3) is 11.8 Å². The van der Waals surface area contributed by atoms with Gasteiger partial charge in [-0.15, -0.1) is 0 Å². The molecule has 1 heterocycles. The standard InChI is InChI=1S/C30H23BrN2O5S/c1-36-22-12-10-21(11-13-22)33-29(35)24(28(34)32-30(33)39)14-18-15-25(31)27(26(16-18)37-2)38-17-20-8-5-7-19-6-3-4-9-23(19)20/h3-16H,17H2,1-2H3,(H,32,34,39)/b24-14-. The number of fused-ring (bicyclic) bond motifs is 1. The maximum absolute atomic E-state index is 13.4. The first-order valence-corrected chi connectivity index (χ1v) is 13.1. The van der Waals surface area contributed by atoms with E-state index in [4.69, 9.17) is 26.4 Å². The molecule has 0 bridgehead atoms. The van der Waals surface area contributed by atoms with Crippen molar-refractivity contribution in [3.63, 3.8) is 0 Å². The highest BCUT2D eigenvalue weighted by Crippen LogP contribution is 2.38. The minimum Gasteiger partial charge on any atom is -0.497 e. The minimum absolute atomic E-state index is 0.00302. The summed E-state index contributed by atoms with van der Waals surface area (Å²) in [6.45, 7) is 0.325. The summed E-state index contributed by atoms with van der Waals surface area (Å²) >= 11 is 8.85.